The molecule has 0 aliphatic rings. The molecule has 0 aromatic carbocycles. The Morgan fingerprint density at radius 3 is 2.94 bits per heavy atom. The van der Waals surface area contributed by atoms with E-state index in [1.165, 1.54) is 0 Å². The van der Waals surface area contributed by atoms with Crippen LogP contribution in [-0.2, 0) is 13.1 Å². The third kappa shape index (κ3) is 3.30. The smallest absolute Gasteiger partial charge is 0.128 e. The molecule has 0 fully saturated rings. The van der Waals surface area contributed by atoms with Crippen LogP contribution in [0.4, 0.5) is 5.69 Å². The van der Waals surface area contributed by atoms with Crippen LogP contribution < -0.4 is 5.32 Å². The number of nitrogens with zero attached hydrogens (tertiary/aromatic N) is 3. The summed E-state index contributed by atoms with van der Waals surface area (Å²) in [6.07, 6.45) is 6.77. The third-order valence-electron chi connectivity index (χ3n) is 2.44. The molecule has 0 radical (unpaired) electrons. The van der Waals surface area contributed by atoms with E-state index < -0.39 is 0 Å². The summed E-state index contributed by atoms with van der Waals surface area (Å²) in [5.74, 6) is 1.05. The molecule has 0 unspecified atom stereocenters. The lowest BCUT2D eigenvalue weighted by atomic mass is 10.4. The molecule has 17 heavy (non-hydrogen) atoms. The van der Waals surface area contributed by atoms with Gasteiger partial charge < -0.3 is 9.88 Å². The Morgan fingerprint density at radius 2 is 2.24 bits per heavy atom. The molecule has 0 saturated heterocycles. The molecule has 0 bridgehead atoms. The molecule has 1 N–H and O–H groups in total. The molecule has 0 saturated carbocycles. The molecule has 0 aliphatic heterocycles. The van der Waals surface area contributed by atoms with Crippen LogP contribution >= 0.6 is 15.9 Å². The number of anilines is 1. The standard InChI is InChI=1S/C12H15BrN4/c1-2-6-17-7-5-14-12(17)9-15-10-3-4-11(13)16-8-10/h3-5,7-8,15H,2,6,9H2,1H3. The molecule has 0 spiro atoms. The maximum atomic E-state index is 4.34. The summed E-state index contributed by atoms with van der Waals surface area (Å²) >= 11 is 3.31. The molecular weight excluding hydrogens is 280 g/mol. The van der Waals surface area contributed by atoms with Crippen LogP contribution in [-0.4, -0.2) is 14.5 Å². The van der Waals surface area contributed by atoms with E-state index in [4.69, 9.17) is 0 Å². The lowest BCUT2D eigenvalue weighted by Gasteiger charge is -2.08. The van der Waals surface area contributed by atoms with Crippen LogP contribution in [0.1, 0.15) is 19.2 Å². The summed E-state index contributed by atoms with van der Waals surface area (Å²) in [6.45, 7) is 3.89. The van der Waals surface area contributed by atoms with Crippen molar-refractivity contribution in [2.24, 2.45) is 0 Å². The van der Waals surface area contributed by atoms with Gasteiger partial charge in [-0.05, 0) is 34.5 Å². The van der Waals surface area contributed by atoms with Crippen LogP contribution in [0.5, 0.6) is 0 Å². The van der Waals surface area contributed by atoms with Gasteiger partial charge in [-0.2, -0.15) is 0 Å². The molecule has 2 aromatic heterocycles. The zero-order valence-electron chi connectivity index (χ0n) is 9.73. The topological polar surface area (TPSA) is 42.7 Å². The van der Waals surface area contributed by atoms with Crippen molar-refractivity contribution in [1.29, 1.82) is 0 Å². The van der Waals surface area contributed by atoms with Crippen LogP contribution in [0.2, 0.25) is 0 Å². The van der Waals surface area contributed by atoms with Gasteiger partial charge in [0.1, 0.15) is 10.4 Å². The number of rotatable bonds is 5. The zero-order valence-corrected chi connectivity index (χ0v) is 11.3. The van der Waals surface area contributed by atoms with E-state index in [9.17, 15) is 0 Å². The second kappa shape index (κ2) is 5.82. The molecular formula is C12H15BrN4. The van der Waals surface area contributed by atoms with Gasteiger partial charge in [-0.15, -0.1) is 0 Å². The Kier molecular flexibility index (Phi) is 4.14. The fraction of sp³-hybridized carbons (Fsp3) is 0.333. The number of hydrogen-bond donors (Lipinski definition) is 1. The minimum Gasteiger partial charge on any atom is -0.377 e. The molecule has 5 heteroatoms. The Labute approximate surface area is 109 Å². The van der Waals surface area contributed by atoms with Gasteiger partial charge in [-0.25, -0.2) is 9.97 Å². The Balaban J connectivity index is 1.97. The van der Waals surface area contributed by atoms with Crippen molar-refractivity contribution in [2.45, 2.75) is 26.4 Å². The lowest BCUT2D eigenvalue weighted by Crippen LogP contribution is -2.08. The number of hydrogen-bond acceptors (Lipinski definition) is 3. The maximum Gasteiger partial charge on any atom is 0.128 e. The highest BCUT2D eigenvalue weighted by atomic mass is 79.9. The first kappa shape index (κ1) is 12.1. The summed E-state index contributed by atoms with van der Waals surface area (Å²) in [5, 5.41) is 3.31. The number of pyridine rings is 1. The normalized spacial score (nSPS) is 10.5. The lowest BCUT2D eigenvalue weighted by molar-refractivity contribution is 0.644. The van der Waals surface area contributed by atoms with Crippen molar-refractivity contribution in [1.82, 2.24) is 14.5 Å². The number of nitrogens with one attached hydrogen (secondary N) is 1. The number of aromatic nitrogens is 3. The highest BCUT2D eigenvalue weighted by molar-refractivity contribution is 9.10. The van der Waals surface area contributed by atoms with Crippen molar-refractivity contribution < 1.29 is 0 Å². The van der Waals surface area contributed by atoms with Crippen LogP contribution in [0.15, 0.2) is 35.3 Å². The molecule has 2 aromatic rings. The second-order valence-electron chi connectivity index (χ2n) is 3.76. The largest absolute Gasteiger partial charge is 0.377 e. The van der Waals surface area contributed by atoms with E-state index in [1.807, 2.05) is 24.5 Å². The minimum absolute atomic E-state index is 0.719. The van der Waals surface area contributed by atoms with Gasteiger partial charge in [-0.3, -0.25) is 0 Å². The van der Waals surface area contributed by atoms with E-state index in [0.717, 1.165) is 35.6 Å². The highest BCUT2D eigenvalue weighted by Crippen LogP contribution is 2.11. The van der Waals surface area contributed by atoms with Gasteiger partial charge >= 0.3 is 0 Å². The van der Waals surface area contributed by atoms with Crippen LogP contribution in [0.25, 0.3) is 0 Å². The molecule has 2 rings (SSSR count). The van der Waals surface area contributed by atoms with E-state index in [1.54, 1.807) is 6.20 Å². The quantitative estimate of drug-likeness (QED) is 0.862. The van der Waals surface area contributed by atoms with Gasteiger partial charge in [0.2, 0.25) is 0 Å². The summed E-state index contributed by atoms with van der Waals surface area (Å²) in [7, 11) is 0. The van der Waals surface area contributed by atoms with Gasteiger partial charge in [0, 0.05) is 18.9 Å². The number of halogens is 1. The first-order chi connectivity index (χ1) is 8.29. The Morgan fingerprint density at radius 1 is 1.35 bits per heavy atom. The summed E-state index contributed by atoms with van der Waals surface area (Å²) in [6, 6.07) is 3.91. The second-order valence-corrected chi connectivity index (χ2v) is 4.57. The average molecular weight is 295 g/mol. The Bertz CT molecular complexity index is 464. The van der Waals surface area contributed by atoms with Crippen molar-refractivity contribution in [3.63, 3.8) is 0 Å². The summed E-state index contributed by atoms with van der Waals surface area (Å²) in [4.78, 5) is 8.50. The van der Waals surface area contributed by atoms with Crippen molar-refractivity contribution in [2.75, 3.05) is 5.32 Å². The predicted molar refractivity (Wildman–Crippen MR) is 71.8 cm³/mol. The van der Waals surface area contributed by atoms with Gasteiger partial charge in [0.15, 0.2) is 0 Å². The van der Waals surface area contributed by atoms with Crippen LogP contribution in [0, 0.1) is 0 Å². The summed E-state index contributed by atoms with van der Waals surface area (Å²) in [5.41, 5.74) is 0.999. The predicted octanol–water partition coefficient (Wildman–Crippen LogP) is 3.06. The van der Waals surface area contributed by atoms with Crippen molar-refractivity contribution >= 4 is 21.6 Å². The first-order valence-electron chi connectivity index (χ1n) is 5.65. The summed E-state index contributed by atoms with van der Waals surface area (Å²) < 4.78 is 3.01. The fourth-order valence-electron chi connectivity index (χ4n) is 1.61. The van der Waals surface area contributed by atoms with Crippen molar-refractivity contribution in [3.8, 4) is 0 Å². The Hall–Kier alpha value is -1.36. The number of imidazole rings is 1. The SMILES string of the molecule is CCCn1ccnc1CNc1ccc(Br)nc1. The molecule has 0 aliphatic carbocycles. The fourth-order valence-corrected chi connectivity index (χ4v) is 1.85. The zero-order chi connectivity index (χ0) is 12.1. The van der Waals surface area contributed by atoms with Crippen LogP contribution in [0.3, 0.4) is 0 Å². The molecule has 4 nitrogen and oxygen atoms in total. The van der Waals surface area contributed by atoms with E-state index in [0.29, 0.717) is 0 Å². The minimum atomic E-state index is 0.719. The van der Waals surface area contributed by atoms with Gasteiger partial charge in [-0.1, -0.05) is 6.92 Å². The van der Waals surface area contributed by atoms with Gasteiger partial charge in [0.05, 0.1) is 18.4 Å². The third-order valence-corrected chi connectivity index (χ3v) is 2.91. The average Bonchev–Trinajstić information content (AvgIpc) is 2.77. The van der Waals surface area contributed by atoms with E-state index >= 15 is 0 Å². The molecule has 0 amide bonds. The highest BCUT2D eigenvalue weighted by Gasteiger charge is 2.01. The van der Waals surface area contributed by atoms with Gasteiger partial charge in [0.25, 0.3) is 0 Å². The van der Waals surface area contributed by atoms with E-state index in [2.05, 4.69) is 42.7 Å². The monoisotopic (exact) mass is 294 g/mol. The molecule has 2 heterocycles. The first-order valence-corrected chi connectivity index (χ1v) is 6.44. The molecule has 0 atom stereocenters. The molecule has 90 valence electrons. The van der Waals surface area contributed by atoms with E-state index in [-0.39, 0.29) is 0 Å². The number of aryl methyl sites for hydroxylation is 1. The van der Waals surface area contributed by atoms with Crippen molar-refractivity contribution in [3.05, 3.63) is 41.2 Å². The maximum absolute atomic E-state index is 4.34.